The predicted octanol–water partition coefficient (Wildman–Crippen LogP) is 0.659. The summed E-state index contributed by atoms with van der Waals surface area (Å²) < 4.78 is 0. The van der Waals surface area contributed by atoms with Gasteiger partial charge in [0, 0.05) is 13.1 Å². The maximum atomic E-state index is 10.6. The summed E-state index contributed by atoms with van der Waals surface area (Å²) in [6.07, 6.45) is 1.18. The smallest absolute Gasteiger partial charge is 0.307 e. The Morgan fingerprint density at radius 3 is 2.50 bits per heavy atom. The Balaban J connectivity index is 1.82. The molecule has 12 heavy (non-hydrogen) atoms. The largest absolute Gasteiger partial charge is 0.481 e. The third-order valence-electron chi connectivity index (χ3n) is 3.09. The molecule has 2 unspecified atom stereocenters. The highest BCUT2D eigenvalue weighted by Gasteiger charge is 2.59. The number of hydrogen-bond acceptors (Lipinski definition) is 2. The molecular formula is C9H15NO2. The van der Waals surface area contributed by atoms with Crippen molar-refractivity contribution >= 4 is 5.97 Å². The second-order valence-corrected chi connectivity index (χ2v) is 3.95. The minimum absolute atomic E-state index is 0.00175. The number of likely N-dealkylation sites (tertiary alicyclic amines) is 1. The van der Waals surface area contributed by atoms with Gasteiger partial charge in [-0.3, -0.25) is 4.79 Å². The Kier molecular flexibility index (Phi) is 1.83. The number of rotatable bonds is 3. The second-order valence-electron chi connectivity index (χ2n) is 3.95. The van der Waals surface area contributed by atoms with Crippen LogP contribution in [0.2, 0.25) is 0 Å². The average Bonchev–Trinajstić information content (AvgIpc) is 2.51. The predicted molar refractivity (Wildman–Crippen MR) is 44.8 cm³/mol. The molecule has 1 aliphatic carbocycles. The number of fused-ring (bicyclic) bond motifs is 1. The zero-order chi connectivity index (χ0) is 8.72. The summed E-state index contributed by atoms with van der Waals surface area (Å²) in [6, 6.07) is 0. The molecule has 1 saturated heterocycles. The molecule has 1 heterocycles. The highest BCUT2D eigenvalue weighted by molar-refractivity contribution is 5.74. The number of carbonyl (C=O) groups is 1. The van der Waals surface area contributed by atoms with E-state index in [2.05, 4.69) is 11.8 Å². The average molecular weight is 169 g/mol. The molecule has 0 bridgehead atoms. The number of carboxylic acids is 1. The number of nitrogens with zero attached hydrogens (tertiary/aromatic N) is 1. The highest BCUT2D eigenvalue weighted by atomic mass is 16.4. The molecule has 0 radical (unpaired) electrons. The number of hydrogen-bond donors (Lipinski definition) is 1. The van der Waals surface area contributed by atoms with Crippen molar-refractivity contribution in [1.29, 1.82) is 0 Å². The fourth-order valence-electron chi connectivity index (χ4n) is 2.48. The number of piperidine rings is 1. The fraction of sp³-hybridized carbons (Fsp3) is 0.889. The molecule has 3 nitrogen and oxygen atoms in total. The van der Waals surface area contributed by atoms with Gasteiger partial charge in [-0.1, -0.05) is 6.92 Å². The Morgan fingerprint density at radius 2 is 2.08 bits per heavy atom. The van der Waals surface area contributed by atoms with Crippen LogP contribution in [-0.4, -0.2) is 35.6 Å². The van der Waals surface area contributed by atoms with Crippen molar-refractivity contribution in [3.8, 4) is 0 Å². The molecule has 0 aromatic heterocycles. The van der Waals surface area contributed by atoms with Gasteiger partial charge in [0.25, 0.3) is 0 Å². The molecule has 2 rings (SSSR count). The van der Waals surface area contributed by atoms with E-state index in [0.717, 1.165) is 19.6 Å². The van der Waals surface area contributed by atoms with Crippen molar-refractivity contribution in [1.82, 2.24) is 4.90 Å². The first-order valence-corrected chi connectivity index (χ1v) is 4.69. The Morgan fingerprint density at radius 1 is 1.50 bits per heavy atom. The molecule has 0 aromatic rings. The van der Waals surface area contributed by atoms with E-state index in [1.165, 1.54) is 6.42 Å². The Hall–Kier alpha value is -0.570. The first kappa shape index (κ1) is 8.05. The quantitative estimate of drug-likeness (QED) is 0.674. The van der Waals surface area contributed by atoms with E-state index in [-0.39, 0.29) is 5.92 Å². The minimum Gasteiger partial charge on any atom is -0.481 e. The summed E-state index contributed by atoms with van der Waals surface area (Å²) in [4.78, 5) is 13.0. The standard InChI is InChI=1S/C9H15NO2/c1-2-3-10-4-6-7(5-10)8(6)9(11)12/h6-8H,2-5H2,1H3,(H,11,12). The van der Waals surface area contributed by atoms with Crippen molar-refractivity contribution < 1.29 is 9.90 Å². The molecule has 1 aliphatic heterocycles. The van der Waals surface area contributed by atoms with Gasteiger partial charge in [-0.05, 0) is 24.8 Å². The van der Waals surface area contributed by atoms with Crippen LogP contribution in [0.3, 0.4) is 0 Å². The van der Waals surface area contributed by atoms with Crippen molar-refractivity contribution in [2.24, 2.45) is 17.8 Å². The number of carboxylic acid groups (broad SMARTS) is 1. The third-order valence-corrected chi connectivity index (χ3v) is 3.09. The molecule has 2 aliphatic rings. The van der Waals surface area contributed by atoms with E-state index in [9.17, 15) is 4.79 Å². The van der Waals surface area contributed by atoms with E-state index < -0.39 is 5.97 Å². The van der Waals surface area contributed by atoms with Gasteiger partial charge < -0.3 is 10.0 Å². The molecule has 68 valence electrons. The van der Waals surface area contributed by atoms with Crippen LogP contribution in [0.4, 0.5) is 0 Å². The summed E-state index contributed by atoms with van der Waals surface area (Å²) >= 11 is 0. The van der Waals surface area contributed by atoms with Crippen molar-refractivity contribution in [2.45, 2.75) is 13.3 Å². The van der Waals surface area contributed by atoms with Crippen LogP contribution >= 0.6 is 0 Å². The summed E-state index contributed by atoms with van der Waals surface area (Å²) in [5.74, 6) is 0.377. The van der Waals surface area contributed by atoms with Crippen LogP contribution in [-0.2, 0) is 4.79 Å². The normalized spacial score (nSPS) is 39.6. The molecule has 2 fully saturated rings. The fourth-order valence-corrected chi connectivity index (χ4v) is 2.48. The van der Waals surface area contributed by atoms with Crippen LogP contribution in [0.1, 0.15) is 13.3 Å². The first-order chi connectivity index (χ1) is 5.74. The zero-order valence-corrected chi connectivity index (χ0v) is 7.36. The summed E-state index contributed by atoms with van der Waals surface area (Å²) in [5, 5.41) is 8.76. The maximum Gasteiger partial charge on any atom is 0.307 e. The van der Waals surface area contributed by atoms with Crippen LogP contribution in [0.25, 0.3) is 0 Å². The molecule has 0 spiro atoms. The second kappa shape index (κ2) is 2.73. The molecule has 0 aromatic carbocycles. The van der Waals surface area contributed by atoms with Gasteiger partial charge in [-0.2, -0.15) is 0 Å². The summed E-state index contributed by atoms with van der Waals surface area (Å²) in [7, 11) is 0. The van der Waals surface area contributed by atoms with E-state index >= 15 is 0 Å². The zero-order valence-electron chi connectivity index (χ0n) is 7.36. The van der Waals surface area contributed by atoms with Crippen LogP contribution < -0.4 is 0 Å². The maximum absolute atomic E-state index is 10.6. The van der Waals surface area contributed by atoms with Gasteiger partial charge in [0.1, 0.15) is 0 Å². The topological polar surface area (TPSA) is 40.5 Å². The van der Waals surface area contributed by atoms with Gasteiger partial charge in [0.05, 0.1) is 5.92 Å². The molecule has 3 heteroatoms. The monoisotopic (exact) mass is 169 g/mol. The van der Waals surface area contributed by atoms with Crippen LogP contribution in [0.15, 0.2) is 0 Å². The lowest BCUT2D eigenvalue weighted by molar-refractivity contribution is -0.139. The SMILES string of the molecule is CCCN1CC2C(C1)C2C(=O)O. The van der Waals surface area contributed by atoms with Gasteiger partial charge in [-0.15, -0.1) is 0 Å². The van der Waals surface area contributed by atoms with Gasteiger partial charge in [0.2, 0.25) is 0 Å². The van der Waals surface area contributed by atoms with E-state index in [0.29, 0.717) is 11.8 Å². The van der Waals surface area contributed by atoms with E-state index in [1.807, 2.05) is 0 Å². The molecule has 1 N–H and O–H groups in total. The van der Waals surface area contributed by atoms with Gasteiger partial charge in [0.15, 0.2) is 0 Å². The minimum atomic E-state index is -0.582. The lowest BCUT2D eigenvalue weighted by Crippen LogP contribution is -2.26. The summed E-state index contributed by atoms with van der Waals surface area (Å²) in [5.41, 5.74) is 0. The van der Waals surface area contributed by atoms with Gasteiger partial charge in [-0.25, -0.2) is 0 Å². The Bertz CT molecular complexity index is 193. The van der Waals surface area contributed by atoms with Crippen molar-refractivity contribution in [3.63, 3.8) is 0 Å². The first-order valence-electron chi connectivity index (χ1n) is 4.69. The van der Waals surface area contributed by atoms with Crippen LogP contribution in [0.5, 0.6) is 0 Å². The summed E-state index contributed by atoms with van der Waals surface area (Å²) in [6.45, 7) is 5.35. The Labute approximate surface area is 72.4 Å². The van der Waals surface area contributed by atoms with Gasteiger partial charge >= 0.3 is 5.97 Å². The van der Waals surface area contributed by atoms with Crippen LogP contribution in [0, 0.1) is 17.8 Å². The molecule has 2 atom stereocenters. The lowest BCUT2D eigenvalue weighted by atomic mass is 10.2. The van der Waals surface area contributed by atoms with Crippen molar-refractivity contribution in [3.05, 3.63) is 0 Å². The third kappa shape index (κ3) is 1.12. The van der Waals surface area contributed by atoms with E-state index in [1.54, 1.807) is 0 Å². The van der Waals surface area contributed by atoms with E-state index in [4.69, 9.17) is 5.11 Å². The molecule has 0 amide bonds. The lowest BCUT2D eigenvalue weighted by Gasteiger charge is -2.16. The molecular weight excluding hydrogens is 154 g/mol. The number of aliphatic carboxylic acids is 1. The molecule has 1 saturated carbocycles. The van der Waals surface area contributed by atoms with Crippen molar-refractivity contribution in [2.75, 3.05) is 19.6 Å². The highest BCUT2D eigenvalue weighted by Crippen LogP contribution is 2.51.